The lowest BCUT2D eigenvalue weighted by molar-refractivity contribution is 0.661. The Balaban J connectivity index is 0.991. The van der Waals surface area contributed by atoms with Gasteiger partial charge < -0.3 is 9.47 Å². The summed E-state index contributed by atoms with van der Waals surface area (Å²) in [5, 5.41) is 3.70. The van der Waals surface area contributed by atoms with Gasteiger partial charge in [0.05, 0.1) is 16.9 Å². The van der Waals surface area contributed by atoms with E-state index < -0.39 is 0 Å². The largest absolute Gasteiger partial charge is 0.310 e. The highest BCUT2D eigenvalue weighted by Gasteiger charge is 2.37. The molecule has 0 radical (unpaired) electrons. The van der Waals surface area contributed by atoms with Gasteiger partial charge in [-0.1, -0.05) is 196 Å². The standard InChI is InChI=1S/C63H46N2/c1-63(2)57-40-49(45-32-35-51(36-33-45)64(50-26-13-6-14-27-50)59-29-17-25-46-20-15-16-28-53(46)59)34-39-54(57)55-41-56-60(42-58(55)63)65(52-37-30-44(31-38-52)43-18-7-3-8-19-43)62(48-23-11-5-12-24-48)61(56)47-21-9-4-10-22-47/h3-42H,1-2H3. The monoisotopic (exact) mass is 830 g/mol. The summed E-state index contributed by atoms with van der Waals surface area (Å²) in [6, 6.07) is 88.7. The summed E-state index contributed by atoms with van der Waals surface area (Å²) in [5.41, 5.74) is 20.5. The minimum absolute atomic E-state index is 0.237. The molecule has 0 atom stereocenters. The van der Waals surface area contributed by atoms with Gasteiger partial charge in [-0.2, -0.15) is 0 Å². The quantitative estimate of drug-likeness (QED) is 0.148. The molecule has 1 aromatic heterocycles. The van der Waals surface area contributed by atoms with Crippen molar-refractivity contribution in [3.8, 4) is 61.5 Å². The molecule has 65 heavy (non-hydrogen) atoms. The van der Waals surface area contributed by atoms with Crippen LogP contribution in [0.1, 0.15) is 25.0 Å². The number of benzene rings is 10. The lowest BCUT2D eigenvalue weighted by Gasteiger charge is -2.27. The van der Waals surface area contributed by atoms with Crippen LogP contribution in [-0.2, 0) is 5.41 Å². The number of para-hydroxylation sites is 1. The van der Waals surface area contributed by atoms with Crippen LogP contribution in [-0.4, -0.2) is 4.57 Å². The molecule has 0 aliphatic heterocycles. The summed E-state index contributed by atoms with van der Waals surface area (Å²) < 4.78 is 2.51. The Hall–Kier alpha value is -8.20. The number of hydrogen-bond donors (Lipinski definition) is 0. The van der Waals surface area contributed by atoms with Crippen LogP contribution >= 0.6 is 0 Å². The molecule has 10 aromatic carbocycles. The summed E-state index contributed by atoms with van der Waals surface area (Å²) in [6.45, 7) is 4.80. The number of aromatic nitrogens is 1. The molecule has 0 fully saturated rings. The van der Waals surface area contributed by atoms with Crippen molar-refractivity contribution in [1.82, 2.24) is 4.57 Å². The maximum atomic E-state index is 2.51. The number of fused-ring (bicyclic) bond motifs is 5. The predicted molar refractivity (Wildman–Crippen MR) is 275 cm³/mol. The van der Waals surface area contributed by atoms with Crippen LogP contribution in [0.5, 0.6) is 0 Å². The molecule has 1 aliphatic carbocycles. The number of rotatable bonds is 8. The fraction of sp³-hybridized carbons (Fsp3) is 0.0476. The normalized spacial score (nSPS) is 12.6. The van der Waals surface area contributed by atoms with Gasteiger partial charge in [0.15, 0.2) is 0 Å². The van der Waals surface area contributed by atoms with Gasteiger partial charge in [0, 0.05) is 38.8 Å². The van der Waals surface area contributed by atoms with Crippen LogP contribution in [0, 0.1) is 0 Å². The fourth-order valence-corrected chi connectivity index (χ4v) is 10.4. The van der Waals surface area contributed by atoms with Crippen LogP contribution < -0.4 is 4.90 Å². The Morgan fingerprint density at radius 1 is 0.369 bits per heavy atom. The number of nitrogens with zero attached hydrogens (tertiary/aromatic N) is 2. The van der Waals surface area contributed by atoms with Gasteiger partial charge in [-0.25, -0.2) is 0 Å². The molecule has 308 valence electrons. The van der Waals surface area contributed by atoms with Gasteiger partial charge in [-0.3, -0.25) is 0 Å². The van der Waals surface area contributed by atoms with Crippen LogP contribution in [0.3, 0.4) is 0 Å². The first kappa shape index (κ1) is 38.5. The van der Waals surface area contributed by atoms with Crippen LogP contribution in [0.25, 0.3) is 83.1 Å². The van der Waals surface area contributed by atoms with Crippen molar-refractivity contribution in [2.24, 2.45) is 0 Å². The molecule has 0 unspecified atom stereocenters. The van der Waals surface area contributed by atoms with Crippen molar-refractivity contribution in [3.05, 3.63) is 254 Å². The SMILES string of the molecule is CC1(C)c2cc(-c3ccc(N(c4ccccc4)c4cccc5ccccc45)cc3)ccc2-c2cc3c(-c4ccccc4)c(-c4ccccc4)n(-c4ccc(-c5ccccc5)cc4)c3cc21. The maximum absolute atomic E-state index is 2.51. The first-order chi connectivity index (χ1) is 32.0. The van der Waals surface area contributed by atoms with E-state index in [4.69, 9.17) is 0 Å². The van der Waals surface area contributed by atoms with Crippen LogP contribution in [0.4, 0.5) is 17.1 Å². The van der Waals surface area contributed by atoms with Crippen molar-refractivity contribution in [2.45, 2.75) is 19.3 Å². The topological polar surface area (TPSA) is 8.17 Å². The molecule has 1 aliphatic rings. The average Bonchev–Trinajstić information content (AvgIpc) is 3.82. The van der Waals surface area contributed by atoms with Crippen LogP contribution in [0.2, 0.25) is 0 Å². The first-order valence-electron chi connectivity index (χ1n) is 22.6. The predicted octanol–water partition coefficient (Wildman–Crippen LogP) is 17.2. The Morgan fingerprint density at radius 2 is 0.892 bits per heavy atom. The second kappa shape index (κ2) is 15.6. The van der Waals surface area contributed by atoms with Crippen LogP contribution in [0.15, 0.2) is 243 Å². The van der Waals surface area contributed by atoms with E-state index in [1.807, 2.05) is 0 Å². The minimum Gasteiger partial charge on any atom is -0.310 e. The lowest BCUT2D eigenvalue weighted by atomic mass is 9.81. The zero-order valence-electron chi connectivity index (χ0n) is 36.5. The molecule has 11 aromatic rings. The van der Waals surface area contributed by atoms with Crippen molar-refractivity contribution in [1.29, 1.82) is 0 Å². The summed E-state index contributed by atoms with van der Waals surface area (Å²) in [6.07, 6.45) is 0. The molecule has 2 nitrogen and oxygen atoms in total. The molecule has 12 rings (SSSR count). The van der Waals surface area contributed by atoms with Crippen molar-refractivity contribution in [2.75, 3.05) is 4.90 Å². The molecule has 2 heteroatoms. The molecule has 0 spiro atoms. The Bertz CT molecular complexity index is 3510. The first-order valence-corrected chi connectivity index (χ1v) is 22.6. The van der Waals surface area contributed by atoms with Gasteiger partial charge in [-0.15, -0.1) is 0 Å². The number of hydrogen-bond acceptors (Lipinski definition) is 1. The van der Waals surface area contributed by atoms with Gasteiger partial charge in [0.25, 0.3) is 0 Å². The summed E-state index contributed by atoms with van der Waals surface area (Å²) >= 11 is 0. The van der Waals surface area contributed by atoms with E-state index in [1.165, 1.54) is 88.6 Å². The third kappa shape index (κ3) is 6.49. The molecule has 0 bridgehead atoms. The second-order valence-electron chi connectivity index (χ2n) is 17.7. The molecular formula is C63H46N2. The summed E-state index contributed by atoms with van der Waals surface area (Å²) in [4.78, 5) is 2.37. The van der Waals surface area contributed by atoms with E-state index >= 15 is 0 Å². The zero-order valence-corrected chi connectivity index (χ0v) is 36.5. The van der Waals surface area contributed by atoms with Gasteiger partial charge in [-0.05, 0) is 122 Å². The van der Waals surface area contributed by atoms with Gasteiger partial charge >= 0.3 is 0 Å². The highest BCUT2D eigenvalue weighted by atomic mass is 15.1. The highest BCUT2D eigenvalue weighted by molar-refractivity contribution is 6.09. The van der Waals surface area contributed by atoms with E-state index in [9.17, 15) is 0 Å². The molecule has 1 heterocycles. The molecule has 0 amide bonds. The summed E-state index contributed by atoms with van der Waals surface area (Å²) in [5.74, 6) is 0. The zero-order chi connectivity index (χ0) is 43.5. The van der Waals surface area contributed by atoms with E-state index in [0.717, 1.165) is 22.7 Å². The second-order valence-corrected chi connectivity index (χ2v) is 17.7. The van der Waals surface area contributed by atoms with E-state index in [2.05, 4.69) is 266 Å². The summed E-state index contributed by atoms with van der Waals surface area (Å²) in [7, 11) is 0. The molecule has 0 saturated heterocycles. The average molecular weight is 831 g/mol. The Kier molecular flexibility index (Phi) is 9.21. The molecular weight excluding hydrogens is 785 g/mol. The van der Waals surface area contributed by atoms with Gasteiger partial charge in [0.1, 0.15) is 0 Å². The third-order valence-corrected chi connectivity index (χ3v) is 13.6. The highest BCUT2D eigenvalue weighted by Crippen LogP contribution is 2.54. The Labute approximate surface area is 381 Å². The van der Waals surface area contributed by atoms with E-state index in [-0.39, 0.29) is 5.41 Å². The molecule has 0 N–H and O–H groups in total. The fourth-order valence-electron chi connectivity index (χ4n) is 10.4. The smallest absolute Gasteiger partial charge is 0.0619 e. The van der Waals surface area contributed by atoms with Crippen molar-refractivity contribution in [3.63, 3.8) is 0 Å². The van der Waals surface area contributed by atoms with Gasteiger partial charge in [0.2, 0.25) is 0 Å². The number of anilines is 3. The molecule has 0 saturated carbocycles. The third-order valence-electron chi connectivity index (χ3n) is 13.6. The maximum Gasteiger partial charge on any atom is 0.0619 e. The minimum atomic E-state index is -0.237. The Morgan fingerprint density at radius 3 is 1.60 bits per heavy atom. The van der Waals surface area contributed by atoms with E-state index in [1.54, 1.807) is 0 Å². The van der Waals surface area contributed by atoms with Crippen molar-refractivity contribution >= 4 is 38.7 Å². The van der Waals surface area contributed by atoms with E-state index in [0.29, 0.717) is 0 Å². The van der Waals surface area contributed by atoms with Crippen molar-refractivity contribution < 1.29 is 0 Å². The lowest BCUT2D eigenvalue weighted by Crippen LogP contribution is -2.15.